The van der Waals surface area contributed by atoms with Gasteiger partial charge in [0.05, 0.1) is 0 Å². The highest BCUT2D eigenvalue weighted by atomic mass is 14.3. The van der Waals surface area contributed by atoms with E-state index in [0.717, 1.165) is 6.42 Å². The van der Waals surface area contributed by atoms with Crippen LogP contribution in [0.4, 0.5) is 0 Å². The molecular weight excluding hydrogens is 324 g/mol. The summed E-state index contributed by atoms with van der Waals surface area (Å²) in [5, 5.41) is 0. The first-order valence-corrected chi connectivity index (χ1v) is 9.43. The molecule has 5 rings (SSSR count). The van der Waals surface area contributed by atoms with Crippen LogP contribution in [-0.4, -0.2) is 0 Å². The SMILES string of the molecule is c1ccc(C(=C2c3ccccc3Cc3ccccc32)c2ccccc2)cc1. The molecule has 0 amide bonds. The van der Waals surface area contributed by atoms with Gasteiger partial charge in [-0.2, -0.15) is 0 Å². The Bertz CT molecular complexity index is 1030. The summed E-state index contributed by atoms with van der Waals surface area (Å²) in [7, 11) is 0. The summed E-state index contributed by atoms with van der Waals surface area (Å²) < 4.78 is 0. The molecule has 27 heavy (non-hydrogen) atoms. The van der Waals surface area contributed by atoms with Gasteiger partial charge in [-0.3, -0.25) is 0 Å². The van der Waals surface area contributed by atoms with Crippen molar-refractivity contribution in [2.24, 2.45) is 0 Å². The Kier molecular flexibility index (Phi) is 3.95. The fourth-order valence-electron chi connectivity index (χ4n) is 4.12. The molecule has 0 heterocycles. The van der Waals surface area contributed by atoms with E-state index in [1.807, 2.05) is 0 Å². The maximum atomic E-state index is 2.27. The summed E-state index contributed by atoms with van der Waals surface area (Å²) in [5.41, 5.74) is 10.6. The van der Waals surface area contributed by atoms with Gasteiger partial charge in [0, 0.05) is 0 Å². The van der Waals surface area contributed by atoms with Gasteiger partial charge in [-0.25, -0.2) is 0 Å². The second-order valence-electron chi connectivity index (χ2n) is 6.97. The maximum absolute atomic E-state index is 2.27. The van der Waals surface area contributed by atoms with Crippen molar-refractivity contribution in [1.82, 2.24) is 0 Å². The number of fused-ring (bicyclic) bond motifs is 2. The van der Waals surface area contributed by atoms with Crippen LogP contribution in [0, 0.1) is 0 Å². The summed E-state index contributed by atoms with van der Waals surface area (Å²) in [6.07, 6.45) is 0.993. The van der Waals surface area contributed by atoms with Gasteiger partial charge in [-0.15, -0.1) is 0 Å². The van der Waals surface area contributed by atoms with Crippen LogP contribution in [0.2, 0.25) is 0 Å². The molecule has 4 aromatic rings. The van der Waals surface area contributed by atoms with Crippen LogP contribution in [0.15, 0.2) is 109 Å². The first kappa shape index (κ1) is 15.8. The quantitative estimate of drug-likeness (QED) is 0.338. The molecule has 128 valence electrons. The largest absolute Gasteiger partial charge is 0.0622 e. The Labute approximate surface area is 160 Å². The van der Waals surface area contributed by atoms with Crippen LogP contribution in [0.25, 0.3) is 11.1 Å². The molecule has 0 radical (unpaired) electrons. The van der Waals surface area contributed by atoms with E-state index < -0.39 is 0 Å². The smallest absolute Gasteiger partial charge is 0.00134 e. The normalized spacial score (nSPS) is 12.2. The highest BCUT2D eigenvalue weighted by Gasteiger charge is 2.23. The highest BCUT2D eigenvalue weighted by Crippen LogP contribution is 2.42. The Hall–Kier alpha value is -3.38. The van der Waals surface area contributed by atoms with Crippen molar-refractivity contribution >= 4 is 11.1 Å². The van der Waals surface area contributed by atoms with E-state index >= 15 is 0 Å². The molecule has 0 aromatic heterocycles. The van der Waals surface area contributed by atoms with Crippen molar-refractivity contribution < 1.29 is 0 Å². The molecule has 0 N–H and O–H groups in total. The predicted octanol–water partition coefficient (Wildman–Crippen LogP) is 6.60. The minimum absolute atomic E-state index is 0.993. The van der Waals surface area contributed by atoms with Crippen LogP contribution in [0.3, 0.4) is 0 Å². The van der Waals surface area contributed by atoms with Crippen LogP contribution >= 0.6 is 0 Å². The predicted molar refractivity (Wildman–Crippen MR) is 114 cm³/mol. The first-order chi connectivity index (χ1) is 13.4. The number of hydrogen-bond donors (Lipinski definition) is 0. The average Bonchev–Trinajstić information content (AvgIpc) is 2.75. The number of hydrogen-bond acceptors (Lipinski definition) is 0. The van der Waals surface area contributed by atoms with E-state index in [4.69, 9.17) is 0 Å². The van der Waals surface area contributed by atoms with Crippen molar-refractivity contribution in [2.75, 3.05) is 0 Å². The molecule has 1 aliphatic rings. The zero-order valence-corrected chi connectivity index (χ0v) is 15.1. The van der Waals surface area contributed by atoms with E-state index in [1.54, 1.807) is 0 Å². The molecule has 0 fully saturated rings. The third-order valence-corrected chi connectivity index (χ3v) is 5.33. The van der Waals surface area contributed by atoms with Crippen LogP contribution in [0.5, 0.6) is 0 Å². The van der Waals surface area contributed by atoms with Gasteiger partial charge >= 0.3 is 0 Å². The lowest BCUT2D eigenvalue weighted by atomic mass is 9.77. The molecule has 0 spiro atoms. The van der Waals surface area contributed by atoms with Gasteiger partial charge in [-0.05, 0) is 50.9 Å². The van der Waals surface area contributed by atoms with Gasteiger partial charge in [0.1, 0.15) is 0 Å². The molecule has 0 unspecified atom stereocenters. The molecule has 0 bridgehead atoms. The second kappa shape index (κ2) is 6.74. The third kappa shape index (κ3) is 2.80. The number of benzene rings is 4. The van der Waals surface area contributed by atoms with Crippen molar-refractivity contribution in [3.05, 3.63) is 143 Å². The van der Waals surface area contributed by atoms with Crippen molar-refractivity contribution in [3.8, 4) is 0 Å². The summed E-state index contributed by atoms with van der Waals surface area (Å²) >= 11 is 0. The van der Waals surface area contributed by atoms with Gasteiger partial charge in [0.2, 0.25) is 0 Å². The topological polar surface area (TPSA) is 0 Å². The average molecular weight is 344 g/mol. The van der Waals surface area contributed by atoms with E-state index in [9.17, 15) is 0 Å². The number of rotatable bonds is 2. The minimum Gasteiger partial charge on any atom is -0.0622 e. The zero-order valence-electron chi connectivity index (χ0n) is 15.1. The van der Waals surface area contributed by atoms with Gasteiger partial charge in [0.25, 0.3) is 0 Å². The fourth-order valence-corrected chi connectivity index (χ4v) is 4.12. The Morgan fingerprint density at radius 3 is 1.33 bits per heavy atom. The van der Waals surface area contributed by atoms with E-state index in [-0.39, 0.29) is 0 Å². The van der Waals surface area contributed by atoms with Crippen LogP contribution in [0.1, 0.15) is 33.4 Å². The van der Waals surface area contributed by atoms with Crippen molar-refractivity contribution in [3.63, 3.8) is 0 Å². The Morgan fingerprint density at radius 1 is 0.444 bits per heavy atom. The standard InChI is InChI=1S/C27H20/c1-3-11-20(12-4-1)26(21-13-5-2-6-14-21)27-24-17-9-7-15-22(24)19-23-16-8-10-18-25(23)27/h1-18H,19H2. The highest BCUT2D eigenvalue weighted by molar-refractivity contribution is 6.06. The Balaban J connectivity index is 1.92. The molecule has 0 nitrogen and oxygen atoms in total. The van der Waals surface area contributed by atoms with E-state index in [1.165, 1.54) is 44.5 Å². The lowest BCUT2D eigenvalue weighted by Gasteiger charge is -2.26. The molecule has 0 saturated heterocycles. The zero-order chi connectivity index (χ0) is 18.1. The van der Waals surface area contributed by atoms with E-state index in [0.29, 0.717) is 0 Å². The van der Waals surface area contributed by atoms with Crippen LogP contribution in [-0.2, 0) is 6.42 Å². The van der Waals surface area contributed by atoms with Crippen molar-refractivity contribution in [1.29, 1.82) is 0 Å². The summed E-state index contributed by atoms with van der Waals surface area (Å²) in [6, 6.07) is 39.2. The van der Waals surface area contributed by atoms with E-state index in [2.05, 4.69) is 109 Å². The lowest BCUT2D eigenvalue weighted by molar-refractivity contribution is 1.14. The van der Waals surface area contributed by atoms with Crippen LogP contribution < -0.4 is 0 Å². The van der Waals surface area contributed by atoms with Gasteiger partial charge < -0.3 is 0 Å². The third-order valence-electron chi connectivity index (χ3n) is 5.33. The summed E-state index contributed by atoms with van der Waals surface area (Å²) in [6.45, 7) is 0. The summed E-state index contributed by atoms with van der Waals surface area (Å²) in [4.78, 5) is 0. The second-order valence-corrected chi connectivity index (χ2v) is 6.97. The lowest BCUT2D eigenvalue weighted by Crippen LogP contribution is -2.08. The van der Waals surface area contributed by atoms with Gasteiger partial charge in [-0.1, -0.05) is 109 Å². The molecule has 0 saturated carbocycles. The van der Waals surface area contributed by atoms with Gasteiger partial charge in [0.15, 0.2) is 0 Å². The molecule has 1 aliphatic carbocycles. The molecule has 0 aliphatic heterocycles. The molecular formula is C27H20. The molecule has 0 heteroatoms. The monoisotopic (exact) mass is 344 g/mol. The molecule has 0 atom stereocenters. The fraction of sp³-hybridized carbons (Fsp3) is 0.0370. The summed E-state index contributed by atoms with van der Waals surface area (Å²) in [5.74, 6) is 0. The maximum Gasteiger partial charge on any atom is -0.00134 e. The minimum atomic E-state index is 0.993. The first-order valence-electron chi connectivity index (χ1n) is 9.43. The molecule has 4 aromatic carbocycles. The Morgan fingerprint density at radius 2 is 0.852 bits per heavy atom. The van der Waals surface area contributed by atoms with Crippen molar-refractivity contribution in [2.45, 2.75) is 6.42 Å².